The monoisotopic (exact) mass is 644 g/mol. The second-order valence-electron chi connectivity index (χ2n) is 12.4. The summed E-state index contributed by atoms with van der Waals surface area (Å²) in [6, 6.07) is 49.8. The Hall–Kier alpha value is -6.92. The molecule has 5 N–H and O–H groups in total. The topological polar surface area (TPSA) is 98.5 Å². The minimum Gasteiger partial charge on any atom is -0.395 e. The highest BCUT2D eigenvalue weighted by Gasteiger charge is 2.25. The fourth-order valence-electron chi connectivity index (χ4n) is 6.98. The molecule has 0 unspecified atom stereocenters. The molecular formula is C44H32N6. The molecule has 0 radical (unpaired) electrons. The SMILES string of the molecule is Nc1c2nc(cc3c(-c4ccccc4)c(-c4ccccc4)c(c(N)c4nc(cc5ccc1[nH]5)C=C4c1ccccc1)n3-c1ccccc1)C=C2. The Kier molecular flexibility index (Phi) is 6.99. The van der Waals surface area contributed by atoms with Crippen LogP contribution in [-0.2, 0) is 0 Å². The first-order chi connectivity index (χ1) is 24.6. The molecule has 238 valence electrons. The lowest BCUT2D eigenvalue weighted by Gasteiger charge is -2.12. The third kappa shape index (κ3) is 4.98. The van der Waals surface area contributed by atoms with E-state index in [4.69, 9.17) is 21.4 Å². The van der Waals surface area contributed by atoms with Gasteiger partial charge >= 0.3 is 0 Å². The van der Waals surface area contributed by atoms with Crippen LogP contribution in [0.5, 0.6) is 0 Å². The lowest BCUT2D eigenvalue weighted by Crippen LogP contribution is -2.01. The minimum absolute atomic E-state index is 0.566. The summed E-state index contributed by atoms with van der Waals surface area (Å²) in [5.41, 5.74) is 29.0. The number of fused-ring (bicyclic) bond motifs is 8. The number of benzene rings is 4. The van der Waals surface area contributed by atoms with Crippen LogP contribution in [0, 0.1) is 0 Å². The molecule has 0 atom stereocenters. The Morgan fingerprint density at radius 3 is 1.84 bits per heavy atom. The molecule has 9 rings (SSSR count). The van der Waals surface area contributed by atoms with Crippen LogP contribution in [0.3, 0.4) is 0 Å². The van der Waals surface area contributed by atoms with E-state index in [1.165, 1.54) is 0 Å². The number of rotatable bonds is 4. The molecule has 50 heavy (non-hydrogen) atoms. The van der Waals surface area contributed by atoms with Gasteiger partial charge in [-0.25, -0.2) is 9.97 Å². The van der Waals surface area contributed by atoms with Gasteiger partial charge in [0.15, 0.2) is 0 Å². The van der Waals surface area contributed by atoms with E-state index in [0.29, 0.717) is 22.8 Å². The Balaban J connectivity index is 1.57. The predicted molar refractivity (Wildman–Crippen MR) is 208 cm³/mol. The summed E-state index contributed by atoms with van der Waals surface area (Å²) in [5, 5.41) is 0. The summed E-state index contributed by atoms with van der Waals surface area (Å²) in [7, 11) is 0. The van der Waals surface area contributed by atoms with Gasteiger partial charge in [-0.05, 0) is 71.3 Å². The summed E-state index contributed by atoms with van der Waals surface area (Å²) < 4.78 is 2.26. The molecule has 0 aliphatic carbocycles. The van der Waals surface area contributed by atoms with E-state index < -0.39 is 0 Å². The van der Waals surface area contributed by atoms with Gasteiger partial charge in [0, 0.05) is 27.9 Å². The van der Waals surface area contributed by atoms with Crippen molar-refractivity contribution in [3.05, 3.63) is 174 Å². The smallest absolute Gasteiger partial charge is 0.0967 e. The Morgan fingerprint density at radius 2 is 1.16 bits per heavy atom. The van der Waals surface area contributed by atoms with Crippen molar-refractivity contribution >= 4 is 57.2 Å². The molecule has 6 heteroatoms. The van der Waals surface area contributed by atoms with Crippen molar-refractivity contribution in [3.63, 3.8) is 0 Å². The van der Waals surface area contributed by atoms with E-state index in [0.717, 1.165) is 72.5 Å². The number of aromatic amines is 1. The zero-order valence-electron chi connectivity index (χ0n) is 27.1. The molecular weight excluding hydrogens is 613 g/mol. The van der Waals surface area contributed by atoms with E-state index in [2.05, 4.69) is 107 Å². The molecule has 7 aromatic rings. The molecule has 0 saturated carbocycles. The molecule has 4 aromatic carbocycles. The first-order valence-corrected chi connectivity index (χ1v) is 16.6. The normalized spacial score (nSPS) is 12.2. The van der Waals surface area contributed by atoms with Gasteiger partial charge in [0.2, 0.25) is 0 Å². The van der Waals surface area contributed by atoms with Gasteiger partial charge in [-0.3, -0.25) is 0 Å². The van der Waals surface area contributed by atoms with Crippen LogP contribution in [0.1, 0.15) is 28.3 Å². The van der Waals surface area contributed by atoms with E-state index in [1.54, 1.807) is 0 Å². The first-order valence-electron chi connectivity index (χ1n) is 16.6. The van der Waals surface area contributed by atoms with Crippen molar-refractivity contribution in [2.24, 2.45) is 0 Å². The molecule has 0 amide bonds. The van der Waals surface area contributed by atoms with Gasteiger partial charge in [0.05, 0.1) is 50.7 Å². The standard InChI is InChI=1S/C44H32N6/c45-41-36-23-21-31(47-36)25-33-26-35(28-13-5-1-6-14-28)43(49-33)42(46)44-40(30-17-9-3-10-18-30)39(29-15-7-2-8-16-29)38(27-32-22-24-37(41)48-32)50(44)34-19-11-4-12-20-34/h1-27,47H,45-46H2. The lowest BCUT2D eigenvalue weighted by molar-refractivity contribution is 1.17. The summed E-state index contributed by atoms with van der Waals surface area (Å²) in [6.45, 7) is 0. The van der Waals surface area contributed by atoms with Crippen molar-refractivity contribution in [1.29, 1.82) is 0 Å². The lowest BCUT2D eigenvalue weighted by atomic mass is 9.95. The second kappa shape index (κ2) is 12.0. The van der Waals surface area contributed by atoms with Crippen molar-refractivity contribution in [3.8, 4) is 27.9 Å². The third-order valence-electron chi connectivity index (χ3n) is 9.25. The number of hydrogen-bond donors (Lipinski definition) is 3. The summed E-state index contributed by atoms with van der Waals surface area (Å²) in [6.07, 6.45) is 6.09. The molecule has 0 spiro atoms. The maximum absolute atomic E-state index is 7.56. The molecule has 0 saturated heterocycles. The highest BCUT2D eigenvalue weighted by Crippen LogP contribution is 2.46. The van der Waals surface area contributed by atoms with Crippen LogP contribution in [0.15, 0.2) is 146 Å². The molecule has 5 heterocycles. The largest absolute Gasteiger partial charge is 0.395 e. The van der Waals surface area contributed by atoms with E-state index in [1.807, 2.05) is 66.7 Å². The van der Waals surface area contributed by atoms with Gasteiger partial charge < -0.3 is 21.0 Å². The van der Waals surface area contributed by atoms with Crippen LogP contribution >= 0.6 is 0 Å². The minimum atomic E-state index is 0.566. The molecule has 8 bridgehead atoms. The third-order valence-corrected chi connectivity index (χ3v) is 9.25. The Morgan fingerprint density at radius 1 is 0.540 bits per heavy atom. The van der Waals surface area contributed by atoms with Crippen molar-refractivity contribution in [1.82, 2.24) is 19.5 Å². The molecule has 2 aliphatic rings. The maximum Gasteiger partial charge on any atom is 0.0967 e. The number of nitrogens with zero attached hydrogens (tertiary/aromatic N) is 3. The molecule has 3 aromatic heterocycles. The number of nitrogens with one attached hydrogen (secondary N) is 1. The van der Waals surface area contributed by atoms with Gasteiger partial charge in [-0.15, -0.1) is 0 Å². The van der Waals surface area contributed by atoms with E-state index >= 15 is 0 Å². The average molecular weight is 645 g/mol. The van der Waals surface area contributed by atoms with Crippen LogP contribution in [-0.4, -0.2) is 19.5 Å². The van der Waals surface area contributed by atoms with E-state index in [9.17, 15) is 0 Å². The second-order valence-corrected chi connectivity index (χ2v) is 12.4. The quantitative estimate of drug-likeness (QED) is 0.178. The number of para-hydroxylation sites is 1. The van der Waals surface area contributed by atoms with Crippen molar-refractivity contribution < 1.29 is 0 Å². The number of aromatic nitrogens is 4. The Labute approximate surface area is 289 Å². The zero-order chi connectivity index (χ0) is 33.6. The zero-order valence-corrected chi connectivity index (χ0v) is 27.1. The van der Waals surface area contributed by atoms with Crippen LogP contribution in [0.2, 0.25) is 0 Å². The predicted octanol–water partition coefficient (Wildman–Crippen LogP) is 10.0. The number of nitrogen functional groups attached to an aromatic ring is 2. The van der Waals surface area contributed by atoms with Gasteiger partial charge in [-0.2, -0.15) is 0 Å². The molecule has 6 nitrogen and oxygen atoms in total. The van der Waals surface area contributed by atoms with Crippen molar-refractivity contribution in [2.45, 2.75) is 0 Å². The summed E-state index contributed by atoms with van der Waals surface area (Å²) >= 11 is 0. The maximum atomic E-state index is 7.56. The van der Waals surface area contributed by atoms with Gasteiger partial charge in [0.1, 0.15) is 0 Å². The number of H-pyrrole nitrogens is 1. The highest BCUT2D eigenvalue weighted by molar-refractivity contribution is 6.11. The van der Waals surface area contributed by atoms with Crippen LogP contribution in [0.4, 0.5) is 11.4 Å². The number of hydrogen-bond acceptors (Lipinski definition) is 4. The van der Waals surface area contributed by atoms with Gasteiger partial charge in [-0.1, -0.05) is 109 Å². The summed E-state index contributed by atoms with van der Waals surface area (Å²) in [4.78, 5) is 13.7. The molecule has 0 fully saturated rings. The fraction of sp³-hybridized carbons (Fsp3) is 0. The summed E-state index contributed by atoms with van der Waals surface area (Å²) in [5.74, 6) is 0. The van der Waals surface area contributed by atoms with E-state index in [-0.39, 0.29) is 0 Å². The van der Waals surface area contributed by atoms with Crippen LogP contribution < -0.4 is 11.5 Å². The first kappa shape index (κ1) is 29.2. The Bertz CT molecular complexity index is 2630. The molecule has 2 aliphatic heterocycles. The highest BCUT2D eigenvalue weighted by atomic mass is 15.0. The number of nitrogens with two attached hydrogens (primary N) is 2. The fourth-order valence-corrected chi connectivity index (χ4v) is 6.98. The number of anilines is 2. The average Bonchev–Trinajstić information content (AvgIpc) is 3.98. The van der Waals surface area contributed by atoms with Crippen molar-refractivity contribution in [2.75, 3.05) is 11.5 Å². The van der Waals surface area contributed by atoms with Crippen LogP contribution in [0.25, 0.3) is 73.8 Å². The van der Waals surface area contributed by atoms with Gasteiger partial charge in [0.25, 0.3) is 0 Å².